The highest BCUT2D eigenvalue weighted by Crippen LogP contribution is 2.28. The van der Waals surface area contributed by atoms with Gasteiger partial charge in [-0.15, -0.1) is 0 Å². The first-order chi connectivity index (χ1) is 17.8. The molecule has 2 amide bonds. The highest BCUT2D eigenvalue weighted by molar-refractivity contribution is 7.92. The van der Waals surface area contributed by atoms with Gasteiger partial charge in [-0.3, -0.25) is 13.9 Å². The van der Waals surface area contributed by atoms with Crippen molar-refractivity contribution in [2.75, 3.05) is 16.2 Å². The molecule has 0 saturated heterocycles. The molecule has 9 heteroatoms. The number of carbonyl (C=O) groups is 2. The molecule has 4 rings (SSSR count). The fourth-order valence-electron chi connectivity index (χ4n) is 3.89. The summed E-state index contributed by atoms with van der Waals surface area (Å²) in [7, 11) is -4.05. The maximum Gasteiger partial charge on any atom is 0.264 e. The van der Waals surface area contributed by atoms with Crippen LogP contribution in [0.25, 0.3) is 0 Å². The minimum atomic E-state index is -4.05. The van der Waals surface area contributed by atoms with E-state index in [1.165, 1.54) is 18.4 Å². The van der Waals surface area contributed by atoms with Gasteiger partial charge in [-0.25, -0.2) is 8.42 Å². The summed E-state index contributed by atoms with van der Waals surface area (Å²) in [6, 6.07) is 23.3. The molecule has 0 spiro atoms. The quantitative estimate of drug-likeness (QED) is 0.336. The largest absolute Gasteiger partial charge is 0.467 e. The van der Waals surface area contributed by atoms with Gasteiger partial charge in [0.2, 0.25) is 5.91 Å². The smallest absolute Gasteiger partial charge is 0.264 e. The zero-order valence-corrected chi connectivity index (χ0v) is 21.3. The molecular formula is C28H27N3O5S. The number of hydrogen-bond donors (Lipinski definition) is 2. The average Bonchev–Trinajstić information content (AvgIpc) is 3.41. The highest BCUT2D eigenvalue weighted by Gasteiger charge is 2.28. The number of benzene rings is 3. The molecule has 0 radical (unpaired) electrons. The summed E-state index contributed by atoms with van der Waals surface area (Å²) in [4.78, 5) is 26.1. The lowest BCUT2D eigenvalue weighted by Gasteiger charge is -2.26. The van der Waals surface area contributed by atoms with E-state index < -0.39 is 28.4 Å². The van der Waals surface area contributed by atoms with Gasteiger partial charge >= 0.3 is 0 Å². The number of amides is 2. The first-order valence-electron chi connectivity index (χ1n) is 11.6. The van der Waals surface area contributed by atoms with E-state index >= 15 is 0 Å². The maximum absolute atomic E-state index is 13.6. The van der Waals surface area contributed by atoms with Crippen molar-refractivity contribution in [2.24, 2.45) is 0 Å². The van der Waals surface area contributed by atoms with Crippen LogP contribution in [0.1, 0.15) is 27.2 Å². The van der Waals surface area contributed by atoms with E-state index in [1.807, 2.05) is 13.0 Å². The predicted octanol–water partition coefficient (Wildman–Crippen LogP) is 4.66. The first kappa shape index (κ1) is 25.7. The second-order valence-corrected chi connectivity index (χ2v) is 10.3. The minimum Gasteiger partial charge on any atom is -0.467 e. The molecule has 0 bridgehead atoms. The van der Waals surface area contributed by atoms with Crippen molar-refractivity contribution in [3.8, 4) is 0 Å². The molecule has 37 heavy (non-hydrogen) atoms. The first-order valence-corrected chi connectivity index (χ1v) is 13.0. The molecular weight excluding hydrogens is 490 g/mol. The Morgan fingerprint density at radius 2 is 1.62 bits per heavy atom. The Morgan fingerprint density at radius 1 is 0.892 bits per heavy atom. The van der Waals surface area contributed by atoms with Crippen molar-refractivity contribution in [3.05, 3.63) is 114 Å². The number of hydrogen-bond acceptors (Lipinski definition) is 5. The van der Waals surface area contributed by atoms with E-state index in [0.717, 1.165) is 9.87 Å². The Kier molecular flexibility index (Phi) is 7.74. The molecule has 2 N–H and O–H groups in total. The van der Waals surface area contributed by atoms with Gasteiger partial charge in [0.25, 0.3) is 15.9 Å². The van der Waals surface area contributed by atoms with E-state index in [4.69, 9.17) is 4.42 Å². The lowest BCUT2D eigenvalue weighted by Crippen LogP contribution is -2.39. The molecule has 1 heterocycles. The Bertz CT molecular complexity index is 1500. The van der Waals surface area contributed by atoms with Gasteiger partial charge in [-0.05, 0) is 61.9 Å². The normalized spacial score (nSPS) is 11.1. The average molecular weight is 518 g/mol. The van der Waals surface area contributed by atoms with Crippen molar-refractivity contribution in [1.82, 2.24) is 5.32 Å². The number of furan rings is 1. The molecule has 8 nitrogen and oxygen atoms in total. The van der Waals surface area contributed by atoms with Crippen molar-refractivity contribution in [2.45, 2.75) is 25.3 Å². The van der Waals surface area contributed by atoms with Gasteiger partial charge in [-0.1, -0.05) is 48.0 Å². The van der Waals surface area contributed by atoms with Crippen LogP contribution in [0.5, 0.6) is 0 Å². The number of anilines is 2. The summed E-state index contributed by atoms with van der Waals surface area (Å²) >= 11 is 0. The van der Waals surface area contributed by atoms with Crippen LogP contribution in [0, 0.1) is 13.8 Å². The standard InChI is InChI=1S/C28H27N3O5S/c1-20-14-15-26(21(2)17-20)31(37(34,35)23-10-4-3-5-11-23)19-27(32)30-25-13-7-6-12-24(25)28(33)29-18-22-9-8-16-36-22/h3-17H,18-19H2,1-2H3,(H,29,33)(H,30,32). The van der Waals surface area contributed by atoms with Gasteiger partial charge in [-0.2, -0.15) is 0 Å². The third kappa shape index (κ3) is 6.07. The van der Waals surface area contributed by atoms with Crippen molar-refractivity contribution < 1.29 is 22.4 Å². The Balaban J connectivity index is 1.59. The van der Waals surface area contributed by atoms with E-state index in [2.05, 4.69) is 10.6 Å². The maximum atomic E-state index is 13.6. The van der Waals surface area contributed by atoms with Crippen LogP contribution < -0.4 is 14.9 Å². The van der Waals surface area contributed by atoms with Crippen LogP contribution in [0.15, 0.2) is 101 Å². The lowest BCUT2D eigenvalue weighted by molar-refractivity contribution is -0.114. The number of nitrogens with zero attached hydrogens (tertiary/aromatic N) is 1. The molecule has 0 atom stereocenters. The molecule has 0 fully saturated rings. The van der Waals surface area contributed by atoms with Crippen LogP contribution >= 0.6 is 0 Å². The minimum absolute atomic E-state index is 0.0699. The summed E-state index contributed by atoms with van der Waals surface area (Å²) < 4.78 is 33.5. The monoisotopic (exact) mass is 517 g/mol. The summed E-state index contributed by atoms with van der Waals surface area (Å²) in [5.41, 5.74) is 2.59. The molecule has 0 saturated carbocycles. The number of para-hydroxylation sites is 1. The zero-order chi connectivity index (χ0) is 26.4. The molecule has 1 aromatic heterocycles. The molecule has 0 aliphatic heterocycles. The van der Waals surface area contributed by atoms with Gasteiger partial charge in [0.15, 0.2) is 0 Å². The third-order valence-electron chi connectivity index (χ3n) is 5.69. The van der Waals surface area contributed by atoms with Crippen LogP contribution in [0.2, 0.25) is 0 Å². The Hall–Kier alpha value is -4.37. The van der Waals surface area contributed by atoms with Crippen LogP contribution in [0.3, 0.4) is 0 Å². The summed E-state index contributed by atoms with van der Waals surface area (Å²) in [5, 5.41) is 5.46. The van der Waals surface area contributed by atoms with Gasteiger partial charge in [0, 0.05) is 0 Å². The van der Waals surface area contributed by atoms with Gasteiger partial charge in [0.1, 0.15) is 12.3 Å². The van der Waals surface area contributed by atoms with E-state index in [1.54, 1.807) is 73.7 Å². The fraction of sp³-hybridized carbons (Fsp3) is 0.143. The number of carbonyl (C=O) groups excluding carboxylic acids is 2. The number of aryl methyl sites for hydroxylation is 2. The van der Waals surface area contributed by atoms with Crippen molar-refractivity contribution in [1.29, 1.82) is 0 Å². The second kappa shape index (κ2) is 11.1. The second-order valence-electron chi connectivity index (χ2n) is 8.47. The highest BCUT2D eigenvalue weighted by atomic mass is 32.2. The zero-order valence-electron chi connectivity index (χ0n) is 20.5. The fourth-order valence-corrected chi connectivity index (χ4v) is 5.40. The lowest BCUT2D eigenvalue weighted by atomic mass is 10.1. The van der Waals surface area contributed by atoms with E-state index in [-0.39, 0.29) is 22.7 Å². The van der Waals surface area contributed by atoms with Crippen LogP contribution in [-0.4, -0.2) is 26.8 Å². The molecule has 190 valence electrons. The van der Waals surface area contributed by atoms with Crippen molar-refractivity contribution in [3.63, 3.8) is 0 Å². The summed E-state index contributed by atoms with van der Waals surface area (Å²) in [5.74, 6) is -0.411. The number of nitrogens with one attached hydrogen (secondary N) is 2. The Labute approximate surface area is 216 Å². The SMILES string of the molecule is Cc1ccc(N(CC(=O)Nc2ccccc2C(=O)NCc2ccco2)S(=O)(=O)c2ccccc2)c(C)c1. The van der Waals surface area contributed by atoms with Gasteiger partial charge in [0.05, 0.1) is 34.6 Å². The van der Waals surface area contributed by atoms with E-state index in [9.17, 15) is 18.0 Å². The topological polar surface area (TPSA) is 109 Å². The Morgan fingerprint density at radius 3 is 2.32 bits per heavy atom. The summed E-state index contributed by atoms with van der Waals surface area (Å²) in [6.45, 7) is 3.41. The number of sulfonamides is 1. The third-order valence-corrected chi connectivity index (χ3v) is 7.46. The number of rotatable bonds is 9. The molecule has 4 aromatic rings. The molecule has 3 aromatic carbocycles. The predicted molar refractivity (Wildman–Crippen MR) is 142 cm³/mol. The summed E-state index contributed by atoms with van der Waals surface area (Å²) in [6.07, 6.45) is 1.51. The van der Waals surface area contributed by atoms with Crippen LogP contribution in [-0.2, 0) is 21.4 Å². The van der Waals surface area contributed by atoms with Crippen LogP contribution in [0.4, 0.5) is 11.4 Å². The van der Waals surface area contributed by atoms with Gasteiger partial charge < -0.3 is 15.1 Å². The molecule has 0 aliphatic carbocycles. The molecule has 0 unspecified atom stereocenters. The molecule has 0 aliphatic rings. The van der Waals surface area contributed by atoms with Crippen molar-refractivity contribution >= 4 is 33.2 Å². The van der Waals surface area contributed by atoms with E-state index in [0.29, 0.717) is 17.0 Å².